The number of nitrogens with two attached hydrogens (primary N) is 1. The number of halogens is 1. The molecule has 2 unspecified atom stereocenters. The van der Waals surface area contributed by atoms with Gasteiger partial charge < -0.3 is 15.6 Å². The molecule has 29 heavy (non-hydrogen) atoms. The highest BCUT2D eigenvalue weighted by Gasteiger charge is 2.28. The van der Waals surface area contributed by atoms with E-state index in [1.165, 1.54) is 16.9 Å². The first-order valence-electron chi connectivity index (χ1n) is 9.61. The standard InChI is InChI=1S/C21H22FN5O2/c22-17-8-1-2-9-18(17)27-21(26-10-3-4-11-26)16(13-24-27)20(29)25-15-7-5-6-14(12-15)19(23)28/h1-4,8-11,13-15H,5-7,12H2,(H2,23,28)(H,25,29). The number of amides is 2. The fourth-order valence-electron chi connectivity index (χ4n) is 3.87. The largest absolute Gasteiger partial charge is 0.369 e. The van der Waals surface area contributed by atoms with Gasteiger partial charge in [0.1, 0.15) is 17.1 Å². The molecule has 3 N–H and O–H groups in total. The number of aromatic nitrogens is 3. The molecule has 0 aliphatic heterocycles. The molecule has 4 rings (SSSR count). The summed E-state index contributed by atoms with van der Waals surface area (Å²) >= 11 is 0. The first-order valence-corrected chi connectivity index (χ1v) is 9.61. The van der Waals surface area contributed by atoms with Crippen LogP contribution in [0.15, 0.2) is 55.0 Å². The van der Waals surface area contributed by atoms with Crippen LogP contribution in [0.3, 0.4) is 0 Å². The second-order valence-corrected chi connectivity index (χ2v) is 7.27. The fraction of sp³-hybridized carbons (Fsp3) is 0.286. The summed E-state index contributed by atoms with van der Waals surface area (Å²) < 4.78 is 17.5. The number of carbonyl (C=O) groups is 2. The van der Waals surface area contributed by atoms with Crippen LogP contribution < -0.4 is 11.1 Å². The summed E-state index contributed by atoms with van der Waals surface area (Å²) in [4.78, 5) is 24.6. The minimum atomic E-state index is -0.437. The van der Waals surface area contributed by atoms with Gasteiger partial charge in [-0.2, -0.15) is 5.10 Å². The van der Waals surface area contributed by atoms with E-state index in [9.17, 15) is 14.0 Å². The third kappa shape index (κ3) is 3.78. The Morgan fingerprint density at radius 2 is 1.90 bits per heavy atom. The van der Waals surface area contributed by atoms with Gasteiger partial charge in [0.2, 0.25) is 5.91 Å². The second-order valence-electron chi connectivity index (χ2n) is 7.27. The lowest BCUT2D eigenvalue weighted by atomic mass is 9.85. The van der Waals surface area contributed by atoms with E-state index in [1.54, 1.807) is 35.2 Å². The van der Waals surface area contributed by atoms with Crippen molar-refractivity contribution >= 4 is 11.8 Å². The number of hydrogen-bond donors (Lipinski definition) is 2. The Morgan fingerprint density at radius 3 is 2.62 bits per heavy atom. The Bertz CT molecular complexity index is 1030. The average molecular weight is 395 g/mol. The maximum atomic E-state index is 14.4. The monoisotopic (exact) mass is 395 g/mol. The molecular formula is C21H22FN5O2. The van der Waals surface area contributed by atoms with E-state index >= 15 is 0 Å². The predicted molar refractivity (Wildman–Crippen MR) is 105 cm³/mol. The Balaban J connectivity index is 1.66. The number of primary amides is 1. The van der Waals surface area contributed by atoms with Crippen molar-refractivity contribution in [3.63, 3.8) is 0 Å². The molecule has 2 heterocycles. The summed E-state index contributed by atoms with van der Waals surface area (Å²) in [5, 5.41) is 7.28. The summed E-state index contributed by atoms with van der Waals surface area (Å²) in [7, 11) is 0. The van der Waals surface area contributed by atoms with Crippen molar-refractivity contribution in [3.05, 3.63) is 66.4 Å². The first kappa shape index (κ1) is 18.9. The van der Waals surface area contributed by atoms with Crippen LogP contribution in [0, 0.1) is 11.7 Å². The summed E-state index contributed by atoms with van der Waals surface area (Å²) in [6.45, 7) is 0. The zero-order chi connectivity index (χ0) is 20.4. The minimum Gasteiger partial charge on any atom is -0.369 e. The van der Waals surface area contributed by atoms with E-state index in [0.29, 0.717) is 17.8 Å². The van der Waals surface area contributed by atoms with Crippen LogP contribution >= 0.6 is 0 Å². The van der Waals surface area contributed by atoms with Gasteiger partial charge >= 0.3 is 0 Å². The molecule has 1 fully saturated rings. The van der Waals surface area contributed by atoms with Crippen LogP contribution in [0.5, 0.6) is 0 Å². The zero-order valence-electron chi connectivity index (χ0n) is 15.8. The van der Waals surface area contributed by atoms with Gasteiger partial charge in [0.15, 0.2) is 5.82 Å². The number of rotatable bonds is 5. The predicted octanol–water partition coefficient (Wildman–Crippen LogP) is 2.58. The summed E-state index contributed by atoms with van der Waals surface area (Å²) in [6.07, 6.45) is 7.88. The molecule has 1 aliphatic carbocycles. The Labute approximate surface area is 167 Å². The van der Waals surface area contributed by atoms with Gasteiger partial charge in [-0.15, -0.1) is 0 Å². The molecule has 1 aliphatic rings. The molecule has 150 valence electrons. The van der Waals surface area contributed by atoms with Crippen molar-refractivity contribution < 1.29 is 14.0 Å². The van der Waals surface area contributed by atoms with Crippen molar-refractivity contribution in [1.29, 1.82) is 0 Å². The molecule has 0 saturated heterocycles. The lowest BCUT2D eigenvalue weighted by Gasteiger charge is -2.27. The van der Waals surface area contributed by atoms with Gasteiger partial charge in [0.25, 0.3) is 5.91 Å². The fourth-order valence-corrected chi connectivity index (χ4v) is 3.87. The number of para-hydroxylation sites is 1. The van der Waals surface area contributed by atoms with Crippen LogP contribution in [0.4, 0.5) is 4.39 Å². The lowest BCUT2D eigenvalue weighted by molar-refractivity contribution is -0.122. The molecule has 0 radical (unpaired) electrons. The molecule has 0 spiro atoms. The quantitative estimate of drug-likeness (QED) is 0.695. The van der Waals surface area contributed by atoms with Crippen molar-refractivity contribution in [3.8, 4) is 11.5 Å². The lowest BCUT2D eigenvalue weighted by Crippen LogP contribution is -2.41. The maximum absolute atomic E-state index is 14.4. The third-order valence-corrected chi connectivity index (χ3v) is 5.33. The van der Waals surface area contributed by atoms with Gasteiger partial charge in [0.05, 0.1) is 6.20 Å². The third-order valence-electron chi connectivity index (χ3n) is 5.33. The smallest absolute Gasteiger partial charge is 0.256 e. The van der Waals surface area contributed by atoms with E-state index in [4.69, 9.17) is 5.73 Å². The van der Waals surface area contributed by atoms with Crippen LogP contribution in [0.25, 0.3) is 11.5 Å². The highest BCUT2D eigenvalue weighted by molar-refractivity contribution is 5.97. The van der Waals surface area contributed by atoms with E-state index in [2.05, 4.69) is 10.4 Å². The van der Waals surface area contributed by atoms with Crippen LogP contribution in [0.2, 0.25) is 0 Å². The maximum Gasteiger partial charge on any atom is 0.256 e. The zero-order valence-corrected chi connectivity index (χ0v) is 15.8. The van der Waals surface area contributed by atoms with Crippen LogP contribution in [-0.4, -0.2) is 32.2 Å². The summed E-state index contributed by atoms with van der Waals surface area (Å²) in [5.41, 5.74) is 6.01. The molecule has 3 aromatic rings. The molecule has 0 bridgehead atoms. The van der Waals surface area contributed by atoms with Crippen molar-refractivity contribution in [2.75, 3.05) is 0 Å². The highest BCUT2D eigenvalue weighted by atomic mass is 19.1. The van der Waals surface area contributed by atoms with E-state index in [1.807, 2.05) is 12.1 Å². The van der Waals surface area contributed by atoms with Crippen LogP contribution in [0.1, 0.15) is 36.0 Å². The van der Waals surface area contributed by atoms with Gasteiger partial charge in [-0.3, -0.25) is 9.59 Å². The molecule has 1 aromatic carbocycles. The van der Waals surface area contributed by atoms with E-state index < -0.39 is 5.82 Å². The molecule has 2 atom stereocenters. The minimum absolute atomic E-state index is 0.136. The highest BCUT2D eigenvalue weighted by Crippen LogP contribution is 2.26. The molecule has 8 heteroatoms. The number of nitrogens with one attached hydrogen (secondary N) is 1. The van der Waals surface area contributed by atoms with Crippen LogP contribution in [-0.2, 0) is 4.79 Å². The number of carbonyl (C=O) groups excluding carboxylic acids is 2. The number of benzene rings is 1. The van der Waals surface area contributed by atoms with Gasteiger partial charge in [0, 0.05) is 24.4 Å². The first-order chi connectivity index (χ1) is 14.0. The molecule has 1 saturated carbocycles. The van der Waals surface area contributed by atoms with Crippen molar-refractivity contribution in [2.45, 2.75) is 31.7 Å². The second kappa shape index (κ2) is 7.90. The summed E-state index contributed by atoms with van der Waals surface area (Å²) in [6, 6.07) is 9.77. The van der Waals surface area contributed by atoms with E-state index in [0.717, 1.165) is 19.3 Å². The molecule has 7 nitrogen and oxygen atoms in total. The molecule has 2 aromatic heterocycles. The van der Waals surface area contributed by atoms with Gasteiger partial charge in [-0.1, -0.05) is 18.6 Å². The summed E-state index contributed by atoms with van der Waals surface area (Å²) in [5.74, 6) is -0.859. The topological polar surface area (TPSA) is 94.9 Å². The van der Waals surface area contributed by atoms with E-state index in [-0.39, 0.29) is 29.5 Å². The normalized spacial score (nSPS) is 19.1. The Kier molecular flexibility index (Phi) is 5.16. The molecule has 2 amide bonds. The SMILES string of the molecule is NC(=O)C1CCCC(NC(=O)c2cnn(-c3ccccc3F)c2-n2cccc2)C1. The van der Waals surface area contributed by atoms with Crippen molar-refractivity contribution in [2.24, 2.45) is 11.7 Å². The van der Waals surface area contributed by atoms with Gasteiger partial charge in [-0.25, -0.2) is 9.07 Å². The number of hydrogen-bond acceptors (Lipinski definition) is 3. The van der Waals surface area contributed by atoms with Gasteiger partial charge in [-0.05, 0) is 43.5 Å². The number of nitrogens with zero attached hydrogens (tertiary/aromatic N) is 3. The molecular weight excluding hydrogens is 373 g/mol. The Hall–Kier alpha value is -3.42. The van der Waals surface area contributed by atoms with Crippen molar-refractivity contribution in [1.82, 2.24) is 19.7 Å². The Morgan fingerprint density at radius 1 is 1.14 bits per heavy atom. The average Bonchev–Trinajstić information content (AvgIpc) is 3.38.